The zero-order chi connectivity index (χ0) is 23.9. The van der Waals surface area contributed by atoms with Crippen molar-refractivity contribution in [3.05, 3.63) is 89.8 Å². The number of methoxy groups -OCH3 is 1. The number of nitrogens with zero attached hydrogens (tertiary/aromatic N) is 1. The summed E-state index contributed by atoms with van der Waals surface area (Å²) < 4.78 is 11.3. The Morgan fingerprint density at radius 1 is 1.06 bits per heavy atom. The van der Waals surface area contributed by atoms with Crippen molar-refractivity contribution in [2.45, 2.75) is 6.61 Å². The fourth-order valence-corrected chi connectivity index (χ4v) is 3.31. The van der Waals surface area contributed by atoms with Gasteiger partial charge in [0.15, 0.2) is 11.5 Å². The van der Waals surface area contributed by atoms with Gasteiger partial charge in [0.2, 0.25) is 5.91 Å². The molecule has 0 aliphatic rings. The maximum Gasteiger partial charge on any atom is 0.358 e. The summed E-state index contributed by atoms with van der Waals surface area (Å²) in [7, 11) is 1.54. The molecule has 0 fully saturated rings. The van der Waals surface area contributed by atoms with Gasteiger partial charge in [-0.15, -0.1) is 0 Å². The Morgan fingerprint density at radius 3 is 2.65 bits per heavy atom. The third-order valence-electron chi connectivity index (χ3n) is 4.93. The molecule has 172 valence electrons. The number of fused-ring (bicyclic) bond motifs is 1. The molecule has 1 heterocycles. The Balaban J connectivity index is 1.42. The predicted octanol–water partition coefficient (Wildman–Crippen LogP) is 3.83. The molecule has 0 radical (unpaired) electrons. The van der Waals surface area contributed by atoms with Crippen LogP contribution in [0.25, 0.3) is 17.1 Å². The van der Waals surface area contributed by atoms with Crippen LogP contribution in [-0.4, -0.2) is 29.0 Å². The number of carbonyl (C=O) groups is 2. The van der Waals surface area contributed by atoms with Crippen LogP contribution in [0.4, 0.5) is 5.69 Å². The molecular formula is C25H22N4O5. The summed E-state index contributed by atoms with van der Waals surface area (Å²) in [5.74, 6) is 5.52. The minimum atomic E-state index is -0.747. The first kappa shape index (κ1) is 22.6. The van der Waals surface area contributed by atoms with Crippen molar-refractivity contribution < 1.29 is 23.9 Å². The molecule has 4 aromatic rings. The summed E-state index contributed by atoms with van der Waals surface area (Å²) in [5, 5.41) is 2.64. The fraction of sp³-hybridized carbons (Fsp3) is 0.0800. The third kappa shape index (κ3) is 5.22. The smallest absolute Gasteiger partial charge is 0.358 e. The van der Waals surface area contributed by atoms with Crippen molar-refractivity contribution in [3.8, 4) is 11.5 Å². The first-order chi connectivity index (χ1) is 16.6. The van der Waals surface area contributed by atoms with Crippen molar-refractivity contribution in [3.63, 3.8) is 0 Å². The van der Waals surface area contributed by atoms with Gasteiger partial charge in [0, 0.05) is 6.08 Å². The molecule has 4 N–H and O–H groups in total. The molecule has 3 aromatic carbocycles. The summed E-state index contributed by atoms with van der Waals surface area (Å²) >= 11 is 0. The number of hydrogen-bond acceptors (Lipinski definition) is 7. The molecular weight excluding hydrogens is 436 g/mol. The van der Waals surface area contributed by atoms with Crippen molar-refractivity contribution in [2.24, 2.45) is 5.90 Å². The van der Waals surface area contributed by atoms with E-state index in [9.17, 15) is 9.59 Å². The Hall–Kier alpha value is -4.63. The number of nitrogens with one attached hydrogen (secondary N) is 2. The first-order valence-corrected chi connectivity index (χ1v) is 10.3. The van der Waals surface area contributed by atoms with Crippen LogP contribution in [0.15, 0.2) is 72.8 Å². The van der Waals surface area contributed by atoms with Gasteiger partial charge < -0.3 is 24.6 Å². The number of carbonyl (C=O) groups excluding carboxylic acids is 2. The Morgan fingerprint density at radius 2 is 1.85 bits per heavy atom. The second kappa shape index (κ2) is 10.3. The molecule has 0 aliphatic carbocycles. The highest BCUT2D eigenvalue weighted by molar-refractivity contribution is 6.06. The monoisotopic (exact) mass is 458 g/mol. The van der Waals surface area contributed by atoms with E-state index in [1.807, 2.05) is 24.3 Å². The first-order valence-electron chi connectivity index (χ1n) is 10.3. The summed E-state index contributed by atoms with van der Waals surface area (Å²) in [6, 6.07) is 19.4. The number of nitrogens with two attached hydrogens (primary N) is 1. The summed E-state index contributed by atoms with van der Waals surface area (Å²) in [4.78, 5) is 36.0. The van der Waals surface area contributed by atoms with E-state index in [1.165, 1.54) is 19.3 Å². The van der Waals surface area contributed by atoms with E-state index in [2.05, 4.69) is 20.1 Å². The lowest BCUT2D eigenvalue weighted by Crippen LogP contribution is -2.15. The van der Waals surface area contributed by atoms with Crippen LogP contribution < -0.4 is 20.7 Å². The Kier molecular flexibility index (Phi) is 6.85. The molecule has 0 spiro atoms. The Bertz CT molecular complexity index is 1330. The minimum absolute atomic E-state index is 0.152. The quantitative estimate of drug-likeness (QED) is 0.270. The average Bonchev–Trinajstić information content (AvgIpc) is 3.29. The van der Waals surface area contributed by atoms with Crippen LogP contribution in [0.1, 0.15) is 21.7 Å². The molecule has 1 aromatic heterocycles. The van der Waals surface area contributed by atoms with Crippen LogP contribution in [0, 0.1) is 0 Å². The number of hydrogen-bond donors (Lipinski definition) is 3. The maximum atomic E-state index is 12.4. The number of anilines is 1. The second-order valence-corrected chi connectivity index (χ2v) is 7.17. The van der Waals surface area contributed by atoms with Gasteiger partial charge in [-0.1, -0.05) is 30.3 Å². The molecule has 0 saturated carbocycles. The van der Waals surface area contributed by atoms with Crippen LogP contribution in [0.5, 0.6) is 11.5 Å². The van der Waals surface area contributed by atoms with E-state index in [4.69, 9.17) is 15.4 Å². The number of imidazole rings is 1. The number of ether oxygens (including phenoxy) is 2. The van der Waals surface area contributed by atoms with Crippen molar-refractivity contribution in [2.75, 3.05) is 12.4 Å². The number of H-pyrrole nitrogens is 1. The highest BCUT2D eigenvalue weighted by Gasteiger charge is 2.13. The molecule has 0 atom stereocenters. The van der Waals surface area contributed by atoms with Gasteiger partial charge in [0.1, 0.15) is 12.4 Å². The van der Waals surface area contributed by atoms with Crippen LogP contribution in [0.3, 0.4) is 0 Å². The van der Waals surface area contributed by atoms with E-state index in [-0.39, 0.29) is 12.2 Å². The zero-order valence-corrected chi connectivity index (χ0v) is 18.3. The molecule has 34 heavy (non-hydrogen) atoms. The molecule has 0 aliphatic heterocycles. The summed E-state index contributed by atoms with van der Waals surface area (Å²) in [6.45, 7) is 0.243. The fourth-order valence-electron chi connectivity index (χ4n) is 3.31. The lowest BCUT2D eigenvalue weighted by molar-refractivity contribution is -0.111. The SMILES string of the molecule is COc1cc(/C=C/C(=O)Nc2ccccc2C(=O)ON)ccc1OCc1nc2ccccc2[nH]1. The average molecular weight is 458 g/mol. The van der Waals surface area contributed by atoms with E-state index in [0.29, 0.717) is 23.0 Å². The van der Waals surface area contributed by atoms with E-state index >= 15 is 0 Å². The number of benzene rings is 3. The van der Waals surface area contributed by atoms with Gasteiger partial charge >= 0.3 is 5.97 Å². The number of rotatable bonds is 8. The number of aromatic nitrogens is 2. The highest BCUT2D eigenvalue weighted by atomic mass is 16.7. The molecule has 9 nitrogen and oxygen atoms in total. The van der Waals surface area contributed by atoms with Crippen LogP contribution in [0.2, 0.25) is 0 Å². The largest absolute Gasteiger partial charge is 0.493 e. The maximum absolute atomic E-state index is 12.4. The van der Waals surface area contributed by atoms with E-state index < -0.39 is 11.9 Å². The molecule has 0 saturated heterocycles. The van der Waals surface area contributed by atoms with Crippen molar-refractivity contribution in [1.29, 1.82) is 0 Å². The topological polar surface area (TPSA) is 129 Å². The predicted molar refractivity (Wildman–Crippen MR) is 127 cm³/mol. The zero-order valence-electron chi connectivity index (χ0n) is 18.3. The van der Waals surface area contributed by atoms with Crippen molar-refractivity contribution >= 4 is 34.7 Å². The van der Waals surface area contributed by atoms with Gasteiger partial charge in [-0.2, -0.15) is 5.90 Å². The van der Waals surface area contributed by atoms with Gasteiger partial charge in [-0.25, -0.2) is 9.78 Å². The minimum Gasteiger partial charge on any atom is -0.493 e. The highest BCUT2D eigenvalue weighted by Crippen LogP contribution is 2.29. The van der Waals surface area contributed by atoms with E-state index in [1.54, 1.807) is 42.5 Å². The number of amides is 1. The molecule has 1 amide bonds. The second-order valence-electron chi connectivity index (χ2n) is 7.17. The lowest BCUT2D eigenvalue weighted by Gasteiger charge is -2.10. The molecule has 4 rings (SSSR count). The molecule has 0 bridgehead atoms. The van der Waals surface area contributed by atoms with Gasteiger partial charge in [-0.3, -0.25) is 4.79 Å². The number of aromatic amines is 1. The normalized spacial score (nSPS) is 10.9. The Labute approximate surface area is 195 Å². The lowest BCUT2D eigenvalue weighted by atomic mass is 10.1. The van der Waals surface area contributed by atoms with Crippen LogP contribution in [-0.2, 0) is 16.2 Å². The van der Waals surface area contributed by atoms with Crippen LogP contribution >= 0.6 is 0 Å². The summed E-state index contributed by atoms with van der Waals surface area (Å²) in [6.07, 6.45) is 2.96. The van der Waals surface area contributed by atoms with E-state index in [0.717, 1.165) is 16.6 Å². The van der Waals surface area contributed by atoms with Gasteiger partial charge in [0.25, 0.3) is 0 Å². The summed E-state index contributed by atoms with van der Waals surface area (Å²) in [5.41, 5.74) is 2.97. The van der Waals surface area contributed by atoms with Gasteiger partial charge in [0.05, 0.1) is 29.4 Å². The van der Waals surface area contributed by atoms with Gasteiger partial charge in [-0.05, 0) is 48.0 Å². The molecule has 0 unspecified atom stereocenters. The third-order valence-corrected chi connectivity index (χ3v) is 4.93. The molecule has 9 heteroatoms. The standard InChI is InChI=1S/C25H22N4O5/c1-32-22-14-16(11-13-24(30)29-18-7-3-2-6-17(18)25(31)34-26)10-12-21(22)33-15-23-27-19-8-4-5-9-20(19)28-23/h2-14H,15,26H2,1H3,(H,27,28)(H,29,30)/b13-11+. The number of para-hydroxylation sites is 3. The van der Waals surface area contributed by atoms with Crippen molar-refractivity contribution in [1.82, 2.24) is 9.97 Å².